The molecular formula is C18H15NO3. The van der Waals surface area contributed by atoms with Gasteiger partial charge in [-0.1, -0.05) is 48.5 Å². The van der Waals surface area contributed by atoms with Gasteiger partial charge in [-0.15, -0.1) is 0 Å². The smallest absolute Gasteiger partial charge is 0.343 e. The Morgan fingerprint density at radius 1 is 1.00 bits per heavy atom. The number of hydrogen-bond acceptors (Lipinski definition) is 3. The molecule has 3 rings (SSSR count). The Morgan fingerprint density at radius 2 is 1.64 bits per heavy atom. The van der Waals surface area contributed by atoms with E-state index in [1.165, 1.54) is 0 Å². The highest BCUT2D eigenvalue weighted by atomic mass is 16.4. The molecule has 4 nitrogen and oxygen atoms in total. The van der Waals surface area contributed by atoms with Crippen LogP contribution in [-0.4, -0.2) is 5.91 Å². The number of carbonyl (C=O) groups excluding carboxylic acids is 1. The third-order valence-corrected chi connectivity index (χ3v) is 3.54. The topological polar surface area (TPSA) is 59.3 Å². The van der Waals surface area contributed by atoms with E-state index in [0.29, 0.717) is 28.6 Å². The summed E-state index contributed by atoms with van der Waals surface area (Å²) in [5.74, 6) is 0.0792. The minimum absolute atomic E-state index is 0.249. The monoisotopic (exact) mass is 293 g/mol. The molecule has 3 aromatic rings. The number of nitrogens with one attached hydrogen (secondary N) is 1. The van der Waals surface area contributed by atoms with Crippen LogP contribution in [-0.2, 0) is 6.54 Å². The molecule has 0 saturated heterocycles. The summed E-state index contributed by atoms with van der Waals surface area (Å²) in [4.78, 5) is 24.3. The quantitative estimate of drug-likeness (QED) is 0.807. The molecule has 4 heteroatoms. The fourth-order valence-corrected chi connectivity index (χ4v) is 2.46. The normalized spacial score (nSPS) is 10.6. The third kappa shape index (κ3) is 2.63. The maximum atomic E-state index is 12.5. The fourth-order valence-electron chi connectivity index (χ4n) is 2.46. The maximum Gasteiger partial charge on any atom is 0.343 e. The molecule has 1 N–H and O–H groups in total. The summed E-state index contributed by atoms with van der Waals surface area (Å²) in [7, 11) is 0. The van der Waals surface area contributed by atoms with Crippen molar-refractivity contribution >= 4 is 16.7 Å². The first-order valence-corrected chi connectivity index (χ1v) is 7.01. The van der Waals surface area contributed by atoms with E-state index in [1.54, 1.807) is 31.2 Å². The van der Waals surface area contributed by atoms with Crippen molar-refractivity contribution in [1.29, 1.82) is 0 Å². The molecule has 0 atom stereocenters. The van der Waals surface area contributed by atoms with E-state index in [0.717, 1.165) is 5.56 Å². The average Bonchev–Trinajstić information content (AvgIpc) is 2.54. The fraction of sp³-hybridized carbons (Fsp3) is 0.111. The summed E-state index contributed by atoms with van der Waals surface area (Å²) in [6.07, 6.45) is 0. The van der Waals surface area contributed by atoms with Gasteiger partial charge in [0.05, 0.1) is 10.9 Å². The van der Waals surface area contributed by atoms with Crippen molar-refractivity contribution in [3.05, 3.63) is 81.9 Å². The Labute approximate surface area is 127 Å². The number of aryl methyl sites for hydroxylation is 1. The van der Waals surface area contributed by atoms with Crippen LogP contribution in [0.3, 0.4) is 0 Å². The molecule has 0 spiro atoms. The molecule has 0 unspecified atom stereocenters. The van der Waals surface area contributed by atoms with Gasteiger partial charge in [0.15, 0.2) is 0 Å². The van der Waals surface area contributed by atoms with Gasteiger partial charge in [0.2, 0.25) is 0 Å². The first kappa shape index (κ1) is 14.1. The minimum Gasteiger partial charge on any atom is -0.427 e. The molecule has 0 saturated carbocycles. The zero-order chi connectivity index (χ0) is 15.5. The van der Waals surface area contributed by atoms with Gasteiger partial charge < -0.3 is 9.73 Å². The number of amides is 1. The largest absolute Gasteiger partial charge is 0.427 e. The molecular weight excluding hydrogens is 278 g/mol. The third-order valence-electron chi connectivity index (χ3n) is 3.54. The van der Waals surface area contributed by atoms with Gasteiger partial charge in [-0.3, -0.25) is 4.79 Å². The van der Waals surface area contributed by atoms with Gasteiger partial charge in [-0.05, 0) is 18.6 Å². The molecule has 0 radical (unpaired) electrons. The summed E-state index contributed by atoms with van der Waals surface area (Å²) in [6, 6.07) is 16.6. The van der Waals surface area contributed by atoms with Crippen LogP contribution < -0.4 is 10.9 Å². The van der Waals surface area contributed by atoms with E-state index in [1.807, 2.05) is 30.3 Å². The number of hydrogen-bond donors (Lipinski definition) is 1. The maximum absolute atomic E-state index is 12.5. The van der Waals surface area contributed by atoms with Gasteiger partial charge >= 0.3 is 5.63 Å². The Balaban J connectivity index is 1.96. The van der Waals surface area contributed by atoms with Crippen LogP contribution in [0.25, 0.3) is 10.8 Å². The number of benzene rings is 2. The summed E-state index contributed by atoms with van der Waals surface area (Å²) < 4.78 is 5.18. The van der Waals surface area contributed by atoms with Crippen LogP contribution in [0, 0.1) is 6.92 Å². The Hall–Kier alpha value is -2.88. The van der Waals surface area contributed by atoms with Crippen LogP contribution in [0.5, 0.6) is 0 Å². The van der Waals surface area contributed by atoms with Crippen molar-refractivity contribution in [3.8, 4) is 0 Å². The molecule has 2 aromatic carbocycles. The van der Waals surface area contributed by atoms with Crippen molar-refractivity contribution < 1.29 is 9.21 Å². The van der Waals surface area contributed by atoms with E-state index in [4.69, 9.17) is 4.42 Å². The predicted molar refractivity (Wildman–Crippen MR) is 84.8 cm³/mol. The van der Waals surface area contributed by atoms with Crippen LogP contribution in [0.4, 0.5) is 0 Å². The highest BCUT2D eigenvalue weighted by molar-refractivity contribution is 6.07. The van der Waals surface area contributed by atoms with Crippen molar-refractivity contribution in [2.75, 3.05) is 0 Å². The van der Waals surface area contributed by atoms with Crippen LogP contribution >= 0.6 is 0 Å². The van der Waals surface area contributed by atoms with Crippen molar-refractivity contribution in [2.45, 2.75) is 13.5 Å². The number of rotatable bonds is 3. The predicted octanol–water partition coefficient (Wildman–Crippen LogP) is 3.03. The van der Waals surface area contributed by atoms with Crippen LogP contribution in [0.1, 0.15) is 21.7 Å². The van der Waals surface area contributed by atoms with Gasteiger partial charge in [0.1, 0.15) is 5.76 Å². The van der Waals surface area contributed by atoms with Gasteiger partial charge in [0, 0.05) is 11.9 Å². The minimum atomic E-state index is -0.423. The average molecular weight is 293 g/mol. The number of carbonyl (C=O) groups is 1. The van der Waals surface area contributed by atoms with Crippen LogP contribution in [0.15, 0.2) is 63.8 Å². The van der Waals surface area contributed by atoms with Crippen LogP contribution in [0.2, 0.25) is 0 Å². The lowest BCUT2D eigenvalue weighted by atomic mass is 10.1. The first-order valence-electron chi connectivity index (χ1n) is 7.01. The van der Waals surface area contributed by atoms with E-state index >= 15 is 0 Å². The van der Waals surface area contributed by atoms with Gasteiger partial charge in [-0.2, -0.15) is 0 Å². The molecule has 1 heterocycles. The Kier molecular flexibility index (Phi) is 3.74. The molecule has 0 bridgehead atoms. The van der Waals surface area contributed by atoms with E-state index in [9.17, 15) is 9.59 Å². The SMILES string of the molecule is Cc1oc(=O)c2ccccc2c1C(=O)NCc1ccccc1. The second-order valence-electron chi connectivity index (χ2n) is 5.03. The summed E-state index contributed by atoms with van der Waals surface area (Å²) >= 11 is 0. The highest BCUT2D eigenvalue weighted by Gasteiger charge is 2.17. The van der Waals surface area contributed by atoms with Crippen molar-refractivity contribution in [3.63, 3.8) is 0 Å². The molecule has 22 heavy (non-hydrogen) atoms. The van der Waals surface area contributed by atoms with E-state index in [2.05, 4.69) is 5.32 Å². The van der Waals surface area contributed by atoms with Crippen molar-refractivity contribution in [1.82, 2.24) is 5.32 Å². The summed E-state index contributed by atoms with van der Waals surface area (Å²) in [5.41, 5.74) is 0.994. The summed E-state index contributed by atoms with van der Waals surface area (Å²) in [6.45, 7) is 2.05. The molecule has 1 aromatic heterocycles. The molecule has 0 aliphatic rings. The lowest BCUT2D eigenvalue weighted by Crippen LogP contribution is -2.24. The van der Waals surface area contributed by atoms with Gasteiger partial charge in [-0.25, -0.2) is 4.79 Å². The zero-order valence-electron chi connectivity index (χ0n) is 12.1. The highest BCUT2D eigenvalue weighted by Crippen LogP contribution is 2.19. The molecule has 0 fully saturated rings. The van der Waals surface area contributed by atoms with E-state index < -0.39 is 5.63 Å². The lowest BCUT2D eigenvalue weighted by molar-refractivity contribution is 0.0949. The molecule has 0 aliphatic heterocycles. The Morgan fingerprint density at radius 3 is 2.36 bits per heavy atom. The first-order chi connectivity index (χ1) is 10.7. The standard InChI is InChI=1S/C18H15NO3/c1-12-16(14-9-5-6-10-15(14)18(21)22-12)17(20)19-11-13-7-3-2-4-8-13/h2-10H,11H2,1H3,(H,19,20). The van der Waals surface area contributed by atoms with Gasteiger partial charge in [0.25, 0.3) is 5.91 Å². The zero-order valence-corrected chi connectivity index (χ0v) is 12.1. The van der Waals surface area contributed by atoms with Crippen molar-refractivity contribution in [2.24, 2.45) is 0 Å². The molecule has 110 valence electrons. The summed E-state index contributed by atoms with van der Waals surface area (Å²) in [5, 5.41) is 3.89. The lowest BCUT2D eigenvalue weighted by Gasteiger charge is -2.09. The second-order valence-corrected chi connectivity index (χ2v) is 5.03. The second kappa shape index (κ2) is 5.85. The molecule has 1 amide bonds. The molecule has 0 aliphatic carbocycles. The Bertz CT molecular complexity index is 882. The number of fused-ring (bicyclic) bond motifs is 1. The van der Waals surface area contributed by atoms with E-state index in [-0.39, 0.29) is 5.91 Å².